The lowest BCUT2D eigenvalue weighted by Crippen LogP contribution is -2.52. The molecule has 0 N–H and O–H groups in total. The minimum absolute atomic E-state index is 0.0190. The maximum atomic E-state index is 12.4. The number of rotatable bonds is 5. The predicted molar refractivity (Wildman–Crippen MR) is 146 cm³/mol. The molecule has 3 saturated carbocycles. The van der Waals surface area contributed by atoms with Crippen molar-refractivity contribution in [1.82, 2.24) is 0 Å². The summed E-state index contributed by atoms with van der Waals surface area (Å²) >= 11 is 0. The quantitative estimate of drug-likeness (QED) is 0.214. The molecule has 0 bridgehead atoms. The number of carbonyl (C=O) groups is 1. The van der Waals surface area contributed by atoms with Crippen LogP contribution in [0.3, 0.4) is 0 Å². The average Bonchev–Trinajstić information content (AvgIpc) is 3.31. The minimum Gasteiger partial charge on any atom is -0.462 e. The second-order valence-electron chi connectivity index (χ2n) is 14.6. The van der Waals surface area contributed by atoms with Crippen LogP contribution in [0.2, 0.25) is 0 Å². The van der Waals surface area contributed by atoms with E-state index in [4.69, 9.17) is 14.2 Å². The minimum atomic E-state index is -0.315. The molecular formula is C33H52O4. The van der Waals surface area contributed by atoms with Gasteiger partial charge >= 0.3 is 5.97 Å². The van der Waals surface area contributed by atoms with Gasteiger partial charge < -0.3 is 14.2 Å². The summed E-state index contributed by atoms with van der Waals surface area (Å²) in [4.78, 5) is 12.4. The van der Waals surface area contributed by atoms with Gasteiger partial charge in [-0.1, -0.05) is 59.1 Å². The van der Waals surface area contributed by atoms with Crippen LogP contribution in [0.15, 0.2) is 11.6 Å². The SMILES string of the molecule is CCCCCC(=O)O[C@H]1CC[C@@]2(C)C(=CC[C@H]3[C@H]2CC[C@]2(C)[C@@H]4[C@H](C[C@@H]32)O[C@]2(CC[C@@H](C)CO2)[C@@H]4C)C1. The van der Waals surface area contributed by atoms with Gasteiger partial charge in [-0.2, -0.15) is 0 Å². The normalized spacial score (nSPS) is 50.6. The Bertz CT molecular complexity index is 902. The van der Waals surface area contributed by atoms with Crippen molar-refractivity contribution in [1.29, 1.82) is 0 Å². The van der Waals surface area contributed by atoms with Gasteiger partial charge in [-0.25, -0.2) is 0 Å². The van der Waals surface area contributed by atoms with Crippen molar-refractivity contribution in [2.45, 2.75) is 136 Å². The van der Waals surface area contributed by atoms with Crippen molar-refractivity contribution in [3.8, 4) is 0 Å². The molecule has 4 aliphatic carbocycles. The van der Waals surface area contributed by atoms with Crippen LogP contribution in [0.25, 0.3) is 0 Å². The molecule has 2 aliphatic heterocycles. The van der Waals surface area contributed by atoms with Crippen LogP contribution in [0.5, 0.6) is 0 Å². The Labute approximate surface area is 225 Å². The molecule has 4 heteroatoms. The van der Waals surface area contributed by atoms with Crippen molar-refractivity contribution < 1.29 is 19.0 Å². The third-order valence-corrected chi connectivity index (χ3v) is 12.6. The maximum absolute atomic E-state index is 12.4. The van der Waals surface area contributed by atoms with E-state index < -0.39 is 0 Å². The smallest absolute Gasteiger partial charge is 0.306 e. The van der Waals surface area contributed by atoms with Gasteiger partial charge in [0.05, 0.1) is 12.7 Å². The van der Waals surface area contributed by atoms with E-state index >= 15 is 0 Å². The van der Waals surface area contributed by atoms with Crippen molar-refractivity contribution >= 4 is 5.97 Å². The molecule has 0 aromatic carbocycles. The Morgan fingerprint density at radius 3 is 2.68 bits per heavy atom. The molecule has 6 rings (SSSR count). The summed E-state index contributed by atoms with van der Waals surface area (Å²) in [6.45, 7) is 13.0. The number of allylic oxidation sites excluding steroid dienone is 1. The van der Waals surface area contributed by atoms with Crippen LogP contribution >= 0.6 is 0 Å². The summed E-state index contributed by atoms with van der Waals surface area (Å²) in [5.41, 5.74) is 2.25. The summed E-state index contributed by atoms with van der Waals surface area (Å²) in [7, 11) is 0. The molecule has 1 spiro atoms. The molecule has 4 nitrogen and oxygen atoms in total. The number of fused-ring (bicyclic) bond motifs is 7. The predicted octanol–water partition coefficient (Wildman–Crippen LogP) is 7.85. The van der Waals surface area contributed by atoms with Gasteiger partial charge in [0, 0.05) is 25.2 Å². The molecule has 0 radical (unpaired) electrons. The van der Waals surface area contributed by atoms with E-state index in [1.165, 1.54) is 38.5 Å². The Kier molecular flexibility index (Phi) is 6.87. The molecule has 0 unspecified atom stereocenters. The lowest BCUT2D eigenvalue weighted by Gasteiger charge is -2.58. The highest BCUT2D eigenvalue weighted by molar-refractivity contribution is 5.69. The first-order valence-electron chi connectivity index (χ1n) is 15.9. The summed E-state index contributed by atoms with van der Waals surface area (Å²) < 4.78 is 19.4. The largest absolute Gasteiger partial charge is 0.462 e. The third-order valence-electron chi connectivity index (χ3n) is 12.6. The monoisotopic (exact) mass is 512 g/mol. The van der Waals surface area contributed by atoms with Crippen LogP contribution in [0.4, 0.5) is 0 Å². The van der Waals surface area contributed by atoms with Crippen molar-refractivity contribution in [3.63, 3.8) is 0 Å². The molecule has 6 aliphatic rings. The fourth-order valence-corrected chi connectivity index (χ4v) is 10.5. The summed E-state index contributed by atoms with van der Waals surface area (Å²) in [5, 5.41) is 0. The highest BCUT2D eigenvalue weighted by Crippen LogP contribution is 2.70. The lowest BCUT2D eigenvalue weighted by molar-refractivity contribution is -0.272. The Morgan fingerprint density at radius 1 is 1.08 bits per heavy atom. The van der Waals surface area contributed by atoms with Gasteiger partial charge in [0.15, 0.2) is 5.79 Å². The fourth-order valence-electron chi connectivity index (χ4n) is 10.5. The van der Waals surface area contributed by atoms with Crippen molar-refractivity contribution in [2.75, 3.05) is 6.61 Å². The van der Waals surface area contributed by atoms with E-state index in [9.17, 15) is 4.79 Å². The number of carbonyl (C=O) groups excluding carboxylic acids is 1. The van der Waals surface area contributed by atoms with E-state index in [0.29, 0.717) is 35.7 Å². The lowest BCUT2D eigenvalue weighted by atomic mass is 9.47. The van der Waals surface area contributed by atoms with Gasteiger partial charge in [-0.15, -0.1) is 0 Å². The van der Waals surface area contributed by atoms with Crippen LogP contribution < -0.4 is 0 Å². The summed E-state index contributed by atoms with van der Waals surface area (Å²) in [5.74, 6) is 3.77. The second kappa shape index (κ2) is 9.65. The highest BCUT2D eigenvalue weighted by Gasteiger charge is 2.68. The van der Waals surface area contributed by atoms with Crippen molar-refractivity contribution in [3.05, 3.63) is 11.6 Å². The Morgan fingerprint density at radius 2 is 1.92 bits per heavy atom. The van der Waals surface area contributed by atoms with Crippen LogP contribution in [-0.2, 0) is 19.0 Å². The molecule has 0 aromatic heterocycles. The first-order chi connectivity index (χ1) is 17.7. The van der Waals surface area contributed by atoms with Gasteiger partial charge in [0.25, 0.3) is 0 Å². The van der Waals surface area contributed by atoms with Crippen molar-refractivity contribution in [2.24, 2.45) is 46.3 Å². The molecule has 5 fully saturated rings. The Hall–Kier alpha value is -0.870. The second-order valence-corrected chi connectivity index (χ2v) is 14.6. The third kappa shape index (κ3) is 4.17. The fraction of sp³-hybridized carbons (Fsp3) is 0.909. The molecule has 0 aromatic rings. The molecule has 208 valence electrons. The number of hydrogen-bond donors (Lipinski definition) is 0. The molecular weight excluding hydrogens is 460 g/mol. The van der Waals surface area contributed by atoms with Gasteiger partial charge in [0.1, 0.15) is 6.10 Å². The first kappa shape index (κ1) is 26.4. The number of hydrogen-bond acceptors (Lipinski definition) is 4. The molecule has 2 heterocycles. The van der Waals surface area contributed by atoms with E-state index in [0.717, 1.165) is 62.9 Å². The molecule has 11 atom stereocenters. The molecule has 0 amide bonds. The van der Waals surface area contributed by atoms with Gasteiger partial charge in [-0.05, 0) is 91.8 Å². The average molecular weight is 513 g/mol. The van der Waals surface area contributed by atoms with E-state index in [-0.39, 0.29) is 23.3 Å². The standard InChI is InChI=1S/C33H52O4/c1-6-7-8-9-29(34)36-24-13-15-31(4)23(18-24)10-11-25-26(31)14-16-32(5)27(25)19-28-30(32)22(3)33(37-28)17-12-21(2)20-35-33/h10,21-22,24-28,30H,6-9,11-20H2,1-5H3/t21-,22-,24+,25+,26-,27+,28+,30+,31+,32+,33-/m1/s1. The Balaban J connectivity index is 1.15. The summed E-state index contributed by atoms with van der Waals surface area (Å²) in [6.07, 6.45) is 17.4. The van der Waals surface area contributed by atoms with E-state index in [1.807, 2.05) is 0 Å². The van der Waals surface area contributed by atoms with E-state index in [2.05, 4.69) is 40.7 Å². The number of unbranched alkanes of at least 4 members (excludes halogenated alkanes) is 2. The summed E-state index contributed by atoms with van der Waals surface area (Å²) in [6, 6.07) is 0. The van der Waals surface area contributed by atoms with Crippen LogP contribution in [0, 0.1) is 46.3 Å². The number of ether oxygens (including phenoxy) is 3. The van der Waals surface area contributed by atoms with Gasteiger partial charge in [-0.3, -0.25) is 4.79 Å². The topological polar surface area (TPSA) is 44.8 Å². The van der Waals surface area contributed by atoms with Crippen LogP contribution in [-0.4, -0.2) is 30.6 Å². The zero-order valence-corrected chi connectivity index (χ0v) is 24.2. The van der Waals surface area contributed by atoms with E-state index in [1.54, 1.807) is 5.57 Å². The first-order valence-corrected chi connectivity index (χ1v) is 15.9. The highest BCUT2D eigenvalue weighted by atomic mass is 16.7. The zero-order chi connectivity index (χ0) is 26.0. The zero-order valence-electron chi connectivity index (χ0n) is 24.2. The molecule has 2 saturated heterocycles. The van der Waals surface area contributed by atoms with Gasteiger partial charge in [0.2, 0.25) is 0 Å². The molecule has 37 heavy (non-hydrogen) atoms. The number of esters is 1. The maximum Gasteiger partial charge on any atom is 0.306 e. The van der Waals surface area contributed by atoms with Crippen LogP contribution in [0.1, 0.15) is 118 Å².